The van der Waals surface area contributed by atoms with E-state index < -0.39 is 5.72 Å². The molecule has 4 atom stereocenters. The zero-order valence-electron chi connectivity index (χ0n) is 16.3. The second kappa shape index (κ2) is 6.83. The van der Waals surface area contributed by atoms with Gasteiger partial charge in [0.2, 0.25) is 5.91 Å². The van der Waals surface area contributed by atoms with Gasteiger partial charge in [-0.15, -0.1) is 0 Å². The lowest BCUT2D eigenvalue weighted by Gasteiger charge is -2.55. The quantitative estimate of drug-likeness (QED) is 0.830. The Morgan fingerprint density at radius 2 is 2.24 bits per heavy atom. The number of rotatable bonds is 4. The molecule has 3 aliphatic carbocycles. The van der Waals surface area contributed by atoms with Gasteiger partial charge in [-0.3, -0.25) is 9.59 Å². The topological polar surface area (TPSA) is 89.8 Å². The first-order valence-electron chi connectivity index (χ1n) is 10.1. The van der Waals surface area contributed by atoms with Crippen molar-refractivity contribution in [2.45, 2.75) is 38.0 Å². The number of methoxy groups -OCH3 is 1. The fourth-order valence-electron chi connectivity index (χ4n) is 5.16. The van der Waals surface area contributed by atoms with Crippen LogP contribution in [0.4, 0.5) is 0 Å². The summed E-state index contributed by atoms with van der Waals surface area (Å²) in [6.07, 6.45) is 4.85. The number of benzene rings is 1. The van der Waals surface area contributed by atoms with Crippen molar-refractivity contribution in [1.29, 1.82) is 0 Å². The van der Waals surface area contributed by atoms with Crippen molar-refractivity contribution in [3.8, 4) is 11.5 Å². The van der Waals surface area contributed by atoms with Gasteiger partial charge >= 0.3 is 0 Å². The van der Waals surface area contributed by atoms with Crippen molar-refractivity contribution in [3.05, 3.63) is 47.9 Å². The predicted molar refractivity (Wildman–Crippen MR) is 103 cm³/mol. The second-order valence-electron chi connectivity index (χ2n) is 8.19. The molecule has 7 nitrogen and oxygen atoms in total. The van der Waals surface area contributed by atoms with Crippen molar-refractivity contribution in [2.24, 2.45) is 17.8 Å². The first-order chi connectivity index (χ1) is 14.1. The molecule has 6 rings (SSSR count). The Bertz CT molecular complexity index is 941. The number of furan rings is 1. The lowest BCUT2D eigenvalue weighted by molar-refractivity contribution is -0.146. The van der Waals surface area contributed by atoms with E-state index in [2.05, 4.69) is 10.6 Å². The monoisotopic (exact) mass is 396 g/mol. The molecular formula is C22H24N2O5. The van der Waals surface area contributed by atoms with Crippen molar-refractivity contribution in [3.63, 3.8) is 0 Å². The van der Waals surface area contributed by atoms with Crippen molar-refractivity contribution < 1.29 is 23.5 Å². The van der Waals surface area contributed by atoms with Gasteiger partial charge in [-0.05, 0) is 49.4 Å². The summed E-state index contributed by atoms with van der Waals surface area (Å²) in [6.45, 7) is 0.394. The number of amides is 2. The molecule has 7 heteroatoms. The molecule has 1 spiro atoms. The van der Waals surface area contributed by atoms with Crippen LogP contribution in [0.5, 0.6) is 11.5 Å². The molecule has 0 radical (unpaired) electrons. The third-order valence-electron chi connectivity index (χ3n) is 6.62. The van der Waals surface area contributed by atoms with Crippen LogP contribution in [-0.2, 0) is 11.3 Å². The van der Waals surface area contributed by atoms with Gasteiger partial charge in [0.05, 0.1) is 25.5 Å². The van der Waals surface area contributed by atoms with Gasteiger partial charge in [0.25, 0.3) is 5.91 Å². The van der Waals surface area contributed by atoms with E-state index in [0.717, 1.165) is 18.6 Å². The molecular weight excluding hydrogens is 372 g/mol. The van der Waals surface area contributed by atoms with Gasteiger partial charge in [-0.2, -0.15) is 0 Å². The highest BCUT2D eigenvalue weighted by Gasteiger charge is 2.57. The Morgan fingerprint density at radius 3 is 2.97 bits per heavy atom. The Kier molecular flexibility index (Phi) is 4.26. The molecule has 29 heavy (non-hydrogen) atoms. The summed E-state index contributed by atoms with van der Waals surface area (Å²) in [6, 6.07) is 8.91. The van der Waals surface area contributed by atoms with Gasteiger partial charge in [0.1, 0.15) is 17.3 Å². The maximum Gasteiger partial charge on any atom is 0.258 e. The van der Waals surface area contributed by atoms with Gasteiger partial charge in [0.15, 0.2) is 5.72 Å². The van der Waals surface area contributed by atoms with Gasteiger partial charge in [-0.1, -0.05) is 0 Å². The lowest BCUT2D eigenvalue weighted by Crippen LogP contribution is -2.66. The van der Waals surface area contributed by atoms with Crippen LogP contribution in [-0.4, -0.2) is 24.6 Å². The zero-order valence-corrected chi connectivity index (χ0v) is 16.3. The van der Waals surface area contributed by atoms with Crippen LogP contribution in [0.25, 0.3) is 0 Å². The van der Waals surface area contributed by atoms with E-state index in [1.807, 2.05) is 12.1 Å². The Labute approximate surface area is 168 Å². The van der Waals surface area contributed by atoms with Crippen LogP contribution in [0.3, 0.4) is 0 Å². The summed E-state index contributed by atoms with van der Waals surface area (Å²) in [4.78, 5) is 25.6. The molecule has 3 fully saturated rings. The van der Waals surface area contributed by atoms with Crippen LogP contribution in [0.1, 0.15) is 41.8 Å². The number of fused-ring (bicyclic) bond motifs is 3. The molecule has 2 amide bonds. The summed E-state index contributed by atoms with van der Waals surface area (Å²) in [5.41, 5.74) is -0.220. The molecule has 2 bridgehead atoms. The minimum atomic E-state index is -0.739. The van der Waals surface area contributed by atoms with Crippen molar-refractivity contribution >= 4 is 11.8 Å². The molecule has 3 saturated carbocycles. The summed E-state index contributed by atoms with van der Waals surface area (Å²) in [7, 11) is 1.59. The molecule has 2 aromatic rings. The van der Waals surface area contributed by atoms with Gasteiger partial charge in [-0.25, -0.2) is 0 Å². The highest BCUT2D eigenvalue weighted by atomic mass is 16.5. The number of ether oxygens (including phenoxy) is 2. The first-order valence-corrected chi connectivity index (χ1v) is 10.1. The zero-order chi connectivity index (χ0) is 20.0. The van der Waals surface area contributed by atoms with E-state index >= 15 is 0 Å². The molecule has 0 unspecified atom stereocenters. The SMILES string of the molecule is COc1ccc2c(c1)O[C@]1(C[C@H]3CC[C@@H]1C[C@@H]3C(=O)NCc1ccco1)NC2=O. The second-order valence-corrected chi connectivity index (χ2v) is 8.19. The summed E-state index contributed by atoms with van der Waals surface area (Å²) < 4.78 is 17.0. The standard InChI is InChI=1S/C22H24N2O5/c1-27-15-6-7-17-19(10-15)29-22(24-21(17)26)11-13-4-5-14(22)9-18(13)20(25)23-12-16-3-2-8-28-16/h2-3,6-8,10,13-14,18H,4-5,9,11-12H2,1H3,(H,23,25)(H,24,26)/t13-,14-,18+,22+/m1/s1. The average molecular weight is 396 g/mol. The Hall–Kier alpha value is -2.96. The minimum Gasteiger partial charge on any atom is -0.497 e. The number of carbonyl (C=O) groups is 2. The largest absolute Gasteiger partial charge is 0.497 e. The molecule has 4 aliphatic rings. The molecule has 152 valence electrons. The van der Waals surface area contributed by atoms with Crippen LogP contribution in [0.2, 0.25) is 0 Å². The van der Waals surface area contributed by atoms with E-state index in [9.17, 15) is 9.59 Å². The summed E-state index contributed by atoms with van der Waals surface area (Å²) in [5, 5.41) is 6.12. The minimum absolute atomic E-state index is 0.0511. The third kappa shape index (κ3) is 3.05. The normalized spacial score (nSPS) is 29.7. The van der Waals surface area contributed by atoms with E-state index in [-0.39, 0.29) is 29.6 Å². The highest BCUT2D eigenvalue weighted by Crippen LogP contribution is 2.52. The van der Waals surface area contributed by atoms with Crippen molar-refractivity contribution in [1.82, 2.24) is 10.6 Å². The number of hydrogen-bond donors (Lipinski definition) is 2. The fourth-order valence-corrected chi connectivity index (χ4v) is 5.16. The van der Waals surface area contributed by atoms with Crippen LogP contribution >= 0.6 is 0 Å². The fraction of sp³-hybridized carbons (Fsp3) is 0.455. The Balaban J connectivity index is 1.33. The number of carbonyl (C=O) groups excluding carboxylic acids is 2. The maximum absolute atomic E-state index is 12.8. The van der Waals surface area contributed by atoms with Gasteiger partial charge < -0.3 is 24.5 Å². The van der Waals surface area contributed by atoms with E-state index in [1.165, 1.54) is 0 Å². The smallest absolute Gasteiger partial charge is 0.258 e. The average Bonchev–Trinajstić information content (AvgIpc) is 3.25. The molecule has 2 N–H and O–H groups in total. The van der Waals surface area contributed by atoms with Gasteiger partial charge in [0, 0.05) is 24.3 Å². The van der Waals surface area contributed by atoms with E-state index in [1.54, 1.807) is 31.6 Å². The van der Waals surface area contributed by atoms with Crippen molar-refractivity contribution in [2.75, 3.05) is 7.11 Å². The lowest BCUT2D eigenvalue weighted by atomic mass is 9.60. The Morgan fingerprint density at radius 1 is 1.34 bits per heavy atom. The maximum atomic E-state index is 12.8. The van der Waals surface area contributed by atoms with Crippen LogP contribution < -0.4 is 20.1 Å². The summed E-state index contributed by atoms with van der Waals surface area (Å²) in [5.74, 6) is 2.07. The molecule has 2 heterocycles. The highest BCUT2D eigenvalue weighted by molar-refractivity contribution is 5.98. The number of nitrogens with one attached hydrogen (secondary N) is 2. The number of hydrogen-bond acceptors (Lipinski definition) is 5. The summed E-state index contributed by atoms with van der Waals surface area (Å²) >= 11 is 0. The van der Waals surface area contributed by atoms with E-state index in [4.69, 9.17) is 13.9 Å². The third-order valence-corrected chi connectivity index (χ3v) is 6.62. The molecule has 1 aliphatic heterocycles. The predicted octanol–water partition coefficient (Wildman–Crippen LogP) is 2.86. The first kappa shape index (κ1) is 18.1. The van der Waals surface area contributed by atoms with Crippen LogP contribution in [0.15, 0.2) is 41.0 Å². The molecule has 1 aromatic heterocycles. The molecule has 0 saturated heterocycles. The van der Waals surface area contributed by atoms with Crippen LogP contribution in [0, 0.1) is 17.8 Å². The van der Waals surface area contributed by atoms with E-state index in [0.29, 0.717) is 36.4 Å². The molecule has 1 aromatic carbocycles.